The maximum atomic E-state index is 15.0. The van der Waals surface area contributed by atoms with Gasteiger partial charge in [0.15, 0.2) is 0 Å². The first kappa shape index (κ1) is 34.5. The number of rotatable bonds is 14. The number of amides is 2. The number of ether oxygens (including phenoxy) is 1. The SMILES string of the molecule is CCCNC(=O)[C@@H](Cc1ccccc1)N(Cc1ccccc1F)C(=O)CN(c1cc(Cl)ccc1OC)S(=O)(=O)c1ccc(C)cc1. The first-order chi connectivity index (χ1) is 22.0. The first-order valence-corrected chi connectivity index (χ1v) is 16.6. The summed E-state index contributed by atoms with van der Waals surface area (Å²) in [6.07, 6.45) is 0.768. The number of benzene rings is 4. The number of halogens is 2. The Morgan fingerprint density at radius 1 is 0.957 bits per heavy atom. The molecule has 0 bridgehead atoms. The number of carbonyl (C=O) groups excluding carboxylic acids is 2. The number of nitrogens with zero attached hydrogens (tertiary/aromatic N) is 2. The van der Waals surface area contributed by atoms with E-state index in [4.69, 9.17) is 16.3 Å². The number of sulfonamides is 1. The lowest BCUT2D eigenvalue weighted by atomic mass is 10.0. The zero-order valence-electron chi connectivity index (χ0n) is 26.0. The molecule has 0 radical (unpaired) electrons. The summed E-state index contributed by atoms with van der Waals surface area (Å²) in [5.41, 5.74) is 1.82. The molecule has 0 saturated carbocycles. The molecule has 0 aromatic heterocycles. The van der Waals surface area contributed by atoms with E-state index in [1.54, 1.807) is 24.3 Å². The summed E-state index contributed by atoms with van der Waals surface area (Å²) in [7, 11) is -3.00. The molecule has 0 fully saturated rings. The van der Waals surface area contributed by atoms with Gasteiger partial charge in [-0.25, -0.2) is 12.8 Å². The van der Waals surface area contributed by atoms with Crippen LogP contribution in [0.4, 0.5) is 10.1 Å². The lowest BCUT2D eigenvalue weighted by Gasteiger charge is -2.34. The van der Waals surface area contributed by atoms with Crippen molar-refractivity contribution in [2.45, 2.75) is 44.2 Å². The Hall–Kier alpha value is -4.41. The molecule has 0 spiro atoms. The molecule has 46 heavy (non-hydrogen) atoms. The molecule has 4 aromatic rings. The molecule has 4 rings (SSSR count). The van der Waals surface area contributed by atoms with Gasteiger partial charge in [-0.15, -0.1) is 0 Å². The maximum absolute atomic E-state index is 15.0. The molecule has 1 atom stereocenters. The van der Waals surface area contributed by atoms with Crippen LogP contribution >= 0.6 is 11.6 Å². The zero-order chi connectivity index (χ0) is 33.3. The van der Waals surface area contributed by atoms with E-state index in [9.17, 15) is 18.0 Å². The monoisotopic (exact) mass is 665 g/mol. The van der Waals surface area contributed by atoms with Crippen LogP contribution < -0.4 is 14.4 Å². The molecule has 4 aromatic carbocycles. The zero-order valence-corrected chi connectivity index (χ0v) is 27.5. The first-order valence-electron chi connectivity index (χ1n) is 14.8. The summed E-state index contributed by atoms with van der Waals surface area (Å²) in [6.45, 7) is 3.08. The Labute approximate surface area is 274 Å². The second kappa shape index (κ2) is 15.7. The van der Waals surface area contributed by atoms with Crippen molar-refractivity contribution >= 4 is 39.1 Å². The van der Waals surface area contributed by atoms with Gasteiger partial charge in [0.05, 0.1) is 17.7 Å². The van der Waals surface area contributed by atoms with Crippen LogP contribution in [0.15, 0.2) is 102 Å². The smallest absolute Gasteiger partial charge is 0.264 e. The van der Waals surface area contributed by atoms with Gasteiger partial charge in [0.2, 0.25) is 11.8 Å². The van der Waals surface area contributed by atoms with Crippen molar-refractivity contribution in [2.24, 2.45) is 0 Å². The predicted molar refractivity (Wildman–Crippen MR) is 178 cm³/mol. The van der Waals surface area contributed by atoms with E-state index in [1.165, 1.54) is 54.5 Å². The summed E-state index contributed by atoms with van der Waals surface area (Å²) in [4.78, 5) is 29.4. The highest BCUT2D eigenvalue weighted by Gasteiger charge is 2.36. The van der Waals surface area contributed by atoms with Crippen molar-refractivity contribution in [3.8, 4) is 5.75 Å². The van der Waals surface area contributed by atoms with Gasteiger partial charge < -0.3 is 15.0 Å². The molecule has 0 aliphatic rings. The lowest BCUT2D eigenvalue weighted by Crippen LogP contribution is -2.53. The summed E-state index contributed by atoms with van der Waals surface area (Å²) < 4.78 is 49.9. The van der Waals surface area contributed by atoms with Gasteiger partial charge >= 0.3 is 0 Å². The van der Waals surface area contributed by atoms with Gasteiger partial charge in [-0.2, -0.15) is 0 Å². The number of nitrogens with one attached hydrogen (secondary N) is 1. The molecule has 1 N–H and O–H groups in total. The molecule has 2 amide bonds. The van der Waals surface area contributed by atoms with E-state index in [2.05, 4.69) is 5.32 Å². The third kappa shape index (κ3) is 8.44. The molecule has 11 heteroatoms. The van der Waals surface area contributed by atoms with Crippen LogP contribution in [0, 0.1) is 12.7 Å². The Kier molecular flexibility index (Phi) is 11.8. The van der Waals surface area contributed by atoms with Crippen LogP contribution in [0.1, 0.15) is 30.0 Å². The fraction of sp³-hybridized carbons (Fsp3) is 0.257. The number of carbonyl (C=O) groups is 2. The maximum Gasteiger partial charge on any atom is 0.264 e. The van der Waals surface area contributed by atoms with E-state index in [-0.39, 0.29) is 39.9 Å². The summed E-state index contributed by atoms with van der Waals surface area (Å²) in [5.74, 6) is -1.57. The van der Waals surface area contributed by atoms with Crippen LogP contribution in [0.25, 0.3) is 0 Å². The summed E-state index contributed by atoms with van der Waals surface area (Å²) in [5, 5.41) is 3.08. The van der Waals surface area contributed by atoms with Crippen molar-refractivity contribution in [1.29, 1.82) is 0 Å². The number of anilines is 1. The van der Waals surface area contributed by atoms with Gasteiger partial charge in [0, 0.05) is 30.1 Å². The molecule has 242 valence electrons. The highest BCUT2D eigenvalue weighted by atomic mass is 35.5. The van der Waals surface area contributed by atoms with Crippen molar-refractivity contribution in [3.63, 3.8) is 0 Å². The molecular formula is C35H37ClFN3O5S. The third-order valence-corrected chi connectivity index (χ3v) is 9.43. The minimum Gasteiger partial charge on any atom is -0.495 e. The number of aryl methyl sites for hydroxylation is 1. The van der Waals surface area contributed by atoms with Crippen molar-refractivity contribution < 1.29 is 27.1 Å². The topological polar surface area (TPSA) is 96.0 Å². The largest absolute Gasteiger partial charge is 0.495 e. The second-order valence-electron chi connectivity index (χ2n) is 10.8. The van der Waals surface area contributed by atoms with Crippen molar-refractivity contribution in [3.05, 3.63) is 125 Å². The molecule has 0 saturated heterocycles. The van der Waals surface area contributed by atoms with Crippen molar-refractivity contribution in [2.75, 3.05) is 24.5 Å². The predicted octanol–water partition coefficient (Wildman–Crippen LogP) is 6.16. The fourth-order valence-corrected chi connectivity index (χ4v) is 6.52. The Morgan fingerprint density at radius 3 is 2.28 bits per heavy atom. The number of hydrogen-bond acceptors (Lipinski definition) is 5. The summed E-state index contributed by atoms with van der Waals surface area (Å²) >= 11 is 6.32. The van der Waals surface area contributed by atoms with Crippen LogP contribution in [-0.4, -0.2) is 51.4 Å². The van der Waals surface area contributed by atoms with E-state index in [0.717, 1.165) is 15.4 Å². The highest BCUT2D eigenvalue weighted by molar-refractivity contribution is 7.92. The van der Waals surface area contributed by atoms with Gasteiger partial charge in [-0.1, -0.05) is 84.8 Å². The minimum absolute atomic E-state index is 0.0322. The van der Waals surface area contributed by atoms with Gasteiger partial charge in [-0.3, -0.25) is 13.9 Å². The standard InChI is InChI=1S/C35H37ClFN3O5S/c1-4-20-38-35(42)32(21-26-10-6-5-7-11-26)39(23-27-12-8-9-13-30(27)37)34(41)24-40(31-22-28(36)16-19-33(31)45-3)46(43,44)29-17-14-25(2)15-18-29/h5-19,22,32H,4,20-21,23-24H2,1-3H3,(H,38,42)/t32-/m1/s1. The molecule has 0 heterocycles. The Bertz CT molecular complexity index is 1750. The molecule has 0 aliphatic carbocycles. The quantitative estimate of drug-likeness (QED) is 0.174. The Balaban J connectivity index is 1.85. The molecular weight excluding hydrogens is 629 g/mol. The van der Waals surface area contributed by atoms with Crippen LogP contribution in [0.3, 0.4) is 0 Å². The van der Waals surface area contributed by atoms with E-state index in [0.29, 0.717) is 13.0 Å². The average molecular weight is 666 g/mol. The Morgan fingerprint density at radius 2 is 1.63 bits per heavy atom. The minimum atomic E-state index is -4.38. The van der Waals surface area contributed by atoms with Gasteiger partial charge in [0.1, 0.15) is 24.2 Å². The van der Waals surface area contributed by atoms with Crippen LogP contribution in [0.2, 0.25) is 5.02 Å². The number of hydrogen-bond donors (Lipinski definition) is 1. The molecule has 0 aliphatic heterocycles. The second-order valence-corrected chi connectivity index (χ2v) is 13.0. The van der Waals surface area contributed by atoms with E-state index in [1.807, 2.05) is 44.2 Å². The van der Waals surface area contributed by atoms with Crippen LogP contribution in [0.5, 0.6) is 5.75 Å². The molecule has 8 nitrogen and oxygen atoms in total. The van der Waals surface area contributed by atoms with Crippen molar-refractivity contribution in [1.82, 2.24) is 10.2 Å². The lowest BCUT2D eigenvalue weighted by molar-refractivity contribution is -0.140. The van der Waals surface area contributed by atoms with Gasteiger partial charge in [-0.05, 0) is 55.3 Å². The van der Waals surface area contributed by atoms with Crippen LogP contribution in [-0.2, 0) is 32.6 Å². The van der Waals surface area contributed by atoms with Gasteiger partial charge in [0.25, 0.3) is 10.0 Å². The van der Waals surface area contributed by atoms with E-state index >= 15 is 4.39 Å². The molecule has 0 unspecified atom stereocenters. The highest BCUT2D eigenvalue weighted by Crippen LogP contribution is 2.35. The normalized spacial score (nSPS) is 11.8. The average Bonchev–Trinajstić information content (AvgIpc) is 3.05. The fourth-order valence-electron chi connectivity index (χ4n) is 4.94. The van der Waals surface area contributed by atoms with E-state index < -0.39 is 40.2 Å². The third-order valence-electron chi connectivity index (χ3n) is 7.42. The summed E-state index contributed by atoms with van der Waals surface area (Å²) in [6, 6.07) is 24.7. The number of methoxy groups -OCH3 is 1.